The van der Waals surface area contributed by atoms with E-state index < -0.39 is 41.4 Å². The van der Waals surface area contributed by atoms with Gasteiger partial charge in [-0.2, -0.15) is 13.2 Å². The molecule has 0 aliphatic carbocycles. The number of methoxy groups -OCH3 is 1. The maximum Gasteiger partial charge on any atom is 0.449 e. The Morgan fingerprint density at radius 2 is 1.94 bits per heavy atom. The Kier molecular flexibility index (Phi) is 6.51. The molecule has 1 amide bonds. The first-order valence-corrected chi connectivity index (χ1v) is 9.36. The van der Waals surface area contributed by atoms with Crippen LogP contribution >= 0.6 is 0 Å². The highest BCUT2D eigenvalue weighted by atomic mass is 19.4. The summed E-state index contributed by atoms with van der Waals surface area (Å²) in [4.78, 5) is 38.6. The number of hydrogen-bond donors (Lipinski definition) is 1. The molecule has 0 radical (unpaired) electrons. The van der Waals surface area contributed by atoms with Gasteiger partial charge < -0.3 is 19.4 Å². The van der Waals surface area contributed by atoms with Crippen LogP contribution in [0, 0.1) is 10.1 Å². The van der Waals surface area contributed by atoms with Crippen molar-refractivity contribution >= 4 is 34.3 Å². The number of nitrogens with zero attached hydrogens (tertiary/aromatic N) is 3. The Morgan fingerprint density at radius 1 is 1.24 bits per heavy atom. The highest BCUT2D eigenvalue weighted by Gasteiger charge is 2.38. The number of alkyl halides is 3. The molecular weight excluding hydrogens is 449 g/mol. The van der Waals surface area contributed by atoms with E-state index >= 15 is 0 Å². The molecule has 1 N–H and O–H groups in total. The first-order valence-electron chi connectivity index (χ1n) is 9.36. The molecule has 0 fully saturated rings. The number of esters is 1. The molecule has 0 aliphatic rings. The van der Waals surface area contributed by atoms with E-state index in [0.717, 1.165) is 6.07 Å². The molecule has 1 unspecified atom stereocenters. The van der Waals surface area contributed by atoms with Gasteiger partial charge in [0, 0.05) is 12.1 Å². The molecule has 0 bridgehead atoms. The zero-order chi connectivity index (χ0) is 24.3. The van der Waals surface area contributed by atoms with Gasteiger partial charge in [0.05, 0.1) is 28.8 Å². The number of non-ortho nitro benzene ring substituents is 1. The molecule has 2 aromatic carbocycles. The monoisotopic (exact) mass is 466 g/mol. The summed E-state index contributed by atoms with van der Waals surface area (Å²) in [6.07, 6.45) is -6.24. The predicted molar refractivity (Wildman–Crippen MR) is 109 cm³/mol. The van der Waals surface area contributed by atoms with Crippen molar-refractivity contribution < 1.29 is 37.2 Å². The second kappa shape index (κ2) is 9.14. The van der Waals surface area contributed by atoms with Crippen molar-refractivity contribution in [2.45, 2.75) is 25.7 Å². The SMILES string of the molecule is COc1ccc([N+](=O)[O-])cc1NC(=O)C(C)OC(=O)Cn1c(C(F)(F)F)nc2ccccc21. The van der Waals surface area contributed by atoms with Crippen LogP contribution in [-0.2, 0) is 27.0 Å². The number of hydrogen-bond acceptors (Lipinski definition) is 7. The molecule has 1 atom stereocenters. The lowest BCUT2D eigenvalue weighted by molar-refractivity contribution is -0.384. The smallest absolute Gasteiger partial charge is 0.449 e. The maximum absolute atomic E-state index is 13.4. The Morgan fingerprint density at radius 3 is 2.58 bits per heavy atom. The number of nitro groups is 1. The van der Waals surface area contributed by atoms with Crippen LogP contribution in [0.1, 0.15) is 12.7 Å². The molecular formula is C20H17F3N4O6. The van der Waals surface area contributed by atoms with Gasteiger partial charge in [0.2, 0.25) is 5.82 Å². The number of fused-ring (bicyclic) bond motifs is 1. The molecule has 10 nitrogen and oxygen atoms in total. The Labute approximate surface area is 184 Å². The summed E-state index contributed by atoms with van der Waals surface area (Å²) in [5.74, 6) is -3.14. The number of carbonyl (C=O) groups is 2. The first-order chi connectivity index (χ1) is 15.5. The second-order valence-corrected chi connectivity index (χ2v) is 6.77. The van der Waals surface area contributed by atoms with Gasteiger partial charge in [-0.3, -0.25) is 19.7 Å². The molecule has 3 aromatic rings. The lowest BCUT2D eigenvalue weighted by Gasteiger charge is -2.16. The highest BCUT2D eigenvalue weighted by molar-refractivity contribution is 5.96. The number of aromatic nitrogens is 2. The third kappa shape index (κ3) is 5.19. The molecule has 1 heterocycles. The average molecular weight is 466 g/mol. The van der Waals surface area contributed by atoms with Gasteiger partial charge in [0.15, 0.2) is 6.10 Å². The van der Waals surface area contributed by atoms with E-state index in [1.54, 1.807) is 0 Å². The van der Waals surface area contributed by atoms with Crippen LogP contribution < -0.4 is 10.1 Å². The van der Waals surface area contributed by atoms with Gasteiger partial charge in [-0.05, 0) is 25.1 Å². The number of ether oxygens (including phenoxy) is 2. The van der Waals surface area contributed by atoms with E-state index in [1.807, 2.05) is 0 Å². The number of carbonyl (C=O) groups excluding carboxylic acids is 2. The Bertz CT molecular complexity index is 1220. The molecule has 0 saturated heterocycles. The van der Waals surface area contributed by atoms with Crippen LogP contribution in [0.3, 0.4) is 0 Å². The topological polar surface area (TPSA) is 126 Å². The summed E-state index contributed by atoms with van der Waals surface area (Å²) in [5.41, 5.74) is -0.247. The minimum Gasteiger partial charge on any atom is -0.495 e. The van der Waals surface area contributed by atoms with Crippen LogP contribution in [0.5, 0.6) is 5.75 Å². The third-order valence-corrected chi connectivity index (χ3v) is 4.52. The van der Waals surface area contributed by atoms with Crippen molar-refractivity contribution in [2.24, 2.45) is 0 Å². The van der Waals surface area contributed by atoms with Crippen molar-refractivity contribution in [3.8, 4) is 5.75 Å². The number of rotatable bonds is 7. The van der Waals surface area contributed by atoms with Gasteiger partial charge in [0.25, 0.3) is 11.6 Å². The lowest BCUT2D eigenvalue weighted by Crippen LogP contribution is -2.32. The minimum atomic E-state index is -4.82. The van der Waals surface area contributed by atoms with Crippen molar-refractivity contribution in [2.75, 3.05) is 12.4 Å². The van der Waals surface area contributed by atoms with Crippen LogP contribution in [0.4, 0.5) is 24.5 Å². The van der Waals surface area contributed by atoms with Crippen LogP contribution in [0.25, 0.3) is 11.0 Å². The number of nitrogens with one attached hydrogen (secondary N) is 1. The Balaban J connectivity index is 1.75. The van der Waals surface area contributed by atoms with E-state index in [9.17, 15) is 32.9 Å². The zero-order valence-electron chi connectivity index (χ0n) is 17.3. The molecule has 0 aliphatic heterocycles. The Hall–Kier alpha value is -4.16. The number of nitro benzene ring substituents is 1. The van der Waals surface area contributed by atoms with E-state index in [-0.39, 0.29) is 28.2 Å². The quantitative estimate of drug-likeness (QED) is 0.321. The maximum atomic E-state index is 13.4. The predicted octanol–water partition coefficient (Wildman–Crippen LogP) is 3.54. The van der Waals surface area contributed by atoms with Crippen molar-refractivity contribution in [1.29, 1.82) is 0 Å². The van der Waals surface area contributed by atoms with Crippen molar-refractivity contribution in [3.05, 3.63) is 58.4 Å². The van der Waals surface area contributed by atoms with Gasteiger partial charge >= 0.3 is 12.1 Å². The number of imidazole rings is 1. The second-order valence-electron chi connectivity index (χ2n) is 6.77. The normalized spacial score (nSPS) is 12.3. The number of halogens is 3. The fourth-order valence-electron chi connectivity index (χ4n) is 3.01. The fourth-order valence-corrected chi connectivity index (χ4v) is 3.01. The summed E-state index contributed by atoms with van der Waals surface area (Å²) in [7, 11) is 1.29. The summed E-state index contributed by atoms with van der Waals surface area (Å²) < 4.78 is 50.8. The largest absolute Gasteiger partial charge is 0.495 e. The summed E-state index contributed by atoms with van der Waals surface area (Å²) >= 11 is 0. The van der Waals surface area contributed by atoms with Crippen molar-refractivity contribution in [1.82, 2.24) is 9.55 Å². The molecule has 33 heavy (non-hydrogen) atoms. The molecule has 3 rings (SSSR count). The van der Waals surface area contributed by atoms with Gasteiger partial charge in [-0.1, -0.05) is 12.1 Å². The van der Waals surface area contributed by atoms with Crippen LogP contribution in [-0.4, -0.2) is 39.6 Å². The molecule has 1 aromatic heterocycles. The van der Waals surface area contributed by atoms with E-state index in [1.165, 1.54) is 50.4 Å². The van der Waals surface area contributed by atoms with Crippen LogP contribution in [0.15, 0.2) is 42.5 Å². The number of anilines is 1. The lowest BCUT2D eigenvalue weighted by atomic mass is 10.2. The standard InChI is InChI=1S/C20H17F3N4O6/c1-11(18(29)24-14-9-12(27(30)31)7-8-16(14)32-2)33-17(28)10-26-15-6-4-3-5-13(15)25-19(26)20(21,22)23/h3-9,11H,10H2,1-2H3,(H,24,29). The number of benzene rings is 2. The average Bonchev–Trinajstić information content (AvgIpc) is 3.12. The molecule has 0 saturated carbocycles. The summed E-state index contributed by atoms with van der Waals surface area (Å²) in [6.45, 7) is 0.362. The number of para-hydroxylation sites is 2. The third-order valence-electron chi connectivity index (χ3n) is 4.52. The van der Waals surface area contributed by atoms with E-state index in [4.69, 9.17) is 9.47 Å². The molecule has 174 valence electrons. The summed E-state index contributed by atoms with van der Waals surface area (Å²) in [6, 6.07) is 9.24. The van der Waals surface area contributed by atoms with E-state index in [0.29, 0.717) is 4.57 Å². The summed E-state index contributed by atoms with van der Waals surface area (Å²) in [5, 5.41) is 13.3. The van der Waals surface area contributed by atoms with Crippen LogP contribution in [0.2, 0.25) is 0 Å². The van der Waals surface area contributed by atoms with Gasteiger partial charge in [-0.25, -0.2) is 4.98 Å². The highest BCUT2D eigenvalue weighted by Crippen LogP contribution is 2.32. The van der Waals surface area contributed by atoms with E-state index in [2.05, 4.69) is 10.3 Å². The molecule has 0 spiro atoms. The van der Waals surface area contributed by atoms with Gasteiger partial charge in [0.1, 0.15) is 12.3 Å². The molecule has 13 heteroatoms. The minimum absolute atomic E-state index is 0.0421. The van der Waals surface area contributed by atoms with Crippen molar-refractivity contribution in [3.63, 3.8) is 0 Å². The first kappa shape index (κ1) is 23.5. The number of amides is 1. The zero-order valence-corrected chi connectivity index (χ0v) is 17.3. The fraction of sp³-hybridized carbons (Fsp3) is 0.250. The van der Waals surface area contributed by atoms with Gasteiger partial charge in [-0.15, -0.1) is 0 Å².